The molecule has 0 bridgehead atoms. The number of aromatic nitrogens is 3. The highest BCUT2D eigenvalue weighted by molar-refractivity contribution is 7.99. The summed E-state index contributed by atoms with van der Waals surface area (Å²) in [6.45, 7) is 2.16. The third kappa shape index (κ3) is 4.06. The summed E-state index contributed by atoms with van der Waals surface area (Å²) < 4.78 is 10.7. The first-order valence-corrected chi connectivity index (χ1v) is 9.47. The minimum absolute atomic E-state index is 0.0868. The number of hydrogen-bond acceptors (Lipinski definition) is 6. The largest absolute Gasteiger partial charge is 0.454 e. The normalized spacial score (nSPS) is 13.4. The number of aromatic amines is 1. The number of nitrogens with zero attached hydrogens (tertiary/aromatic N) is 2. The number of rotatable bonds is 6. The van der Waals surface area contributed by atoms with Crippen LogP contribution in [0, 0.1) is 0 Å². The van der Waals surface area contributed by atoms with Gasteiger partial charge in [-0.25, -0.2) is 4.98 Å². The van der Waals surface area contributed by atoms with E-state index >= 15 is 0 Å². The predicted molar refractivity (Wildman–Crippen MR) is 102 cm³/mol. The van der Waals surface area contributed by atoms with Crippen LogP contribution in [0.5, 0.6) is 11.5 Å². The maximum Gasteiger partial charge on any atom is 0.231 e. The number of benzene rings is 2. The van der Waals surface area contributed by atoms with Crippen molar-refractivity contribution in [3.63, 3.8) is 0 Å². The van der Waals surface area contributed by atoms with Crippen molar-refractivity contribution in [1.29, 1.82) is 0 Å². The standard InChI is InChI=1S/C19H18N4O3S/c1-12(14-7-8-15-16(9-14)26-11-25-15)20-17(24)10-27-19-21-18(22-23-19)13-5-3-2-4-6-13/h2-9,12H,10-11H2,1H3,(H,20,24)(H,21,22,23). The van der Waals surface area contributed by atoms with Crippen molar-refractivity contribution in [2.45, 2.75) is 18.1 Å². The highest BCUT2D eigenvalue weighted by Crippen LogP contribution is 2.34. The summed E-state index contributed by atoms with van der Waals surface area (Å²) in [6, 6.07) is 15.3. The van der Waals surface area contributed by atoms with Crippen LogP contribution in [-0.4, -0.2) is 33.6 Å². The molecule has 27 heavy (non-hydrogen) atoms. The van der Waals surface area contributed by atoms with Gasteiger partial charge in [-0.05, 0) is 24.6 Å². The molecule has 1 aliphatic heterocycles. The summed E-state index contributed by atoms with van der Waals surface area (Å²) in [5, 5.41) is 10.6. The lowest BCUT2D eigenvalue weighted by Gasteiger charge is -2.14. The summed E-state index contributed by atoms with van der Waals surface area (Å²) in [6.07, 6.45) is 0. The van der Waals surface area contributed by atoms with Crippen molar-refractivity contribution >= 4 is 17.7 Å². The Morgan fingerprint density at radius 3 is 2.89 bits per heavy atom. The van der Waals surface area contributed by atoms with Gasteiger partial charge in [0.15, 0.2) is 17.3 Å². The number of hydrogen-bond donors (Lipinski definition) is 2. The molecule has 1 atom stereocenters. The average Bonchev–Trinajstić information content (AvgIpc) is 3.36. The number of nitrogens with one attached hydrogen (secondary N) is 2. The molecule has 0 spiro atoms. The van der Waals surface area contributed by atoms with Gasteiger partial charge in [0, 0.05) is 5.56 Å². The molecule has 1 aliphatic rings. The van der Waals surface area contributed by atoms with Gasteiger partial charge in [0.1, 0.15) is 0 Å². The lowest BCUT2D eigenvalue weighted by molar-refractivity contribution is -0.119. The van der Waals surface area contributed by atoms with E-state index in [4.69, 9.17) is 9.47 Å². The number of thioether (sulfide) groups is 1. The number of H-pyrrole nitrogens is 1. The molecular formula is C19H18N4O3S. The molecule has 1 unspecified atom stereocenters. The van der Waals surface area contributed by atoms with Gasteiger partial charge >= 0.3 is 0 Å². The van der Waals surface area contributed by atoms with E-state index in [9.17, 15) is 4.79 Å². The fourth-order valence-corrected chi connectivity index (χ4v) is 3.32. The molecule has 4 rings (SSSR count). The highest BCUT2D eigenvalue weighted by Gasteiger charge is 2.17. The molecule has 2 N–H and O–H groups in total. The van der Waals surface area contributed by atoms with Gasteiger partial charge in [0.05, 0.1) is 11.8 Å². The predicted octanol–water partition coefficient (Wildman–Crippen LogP) is 3.17. The molecule has 0 aliphatic carbocycles. The summed E-state index contributed by atoms with van der Waals surface area (Å²) in [5.74, 6) is 2.27. The van der Waals surface area contributed by atoms with Crippen molar-refractivity contribution in [3.05, 3.63) is 54.1 Å². The van der Waals surface area contributed by atoms with Gasteiger partial charge in [-0.3, -0.25) is 9.89 Å². The Kier molecular flexibility index (Phi) is 4.97. The number of fused-ring (bicyclic) bond motifs is 1. The van der Waals surface area contributed by atoms with Gasteiger partial charge in [0.2, 0.25) is 17.9 Å². The summed E-state index contributed by atoms with van der Waals surface area (Å²) >= 11 is 1.29. The molecule has 0 saturated heterocycles. The van der Waals surface area contributed by atoms with E-state index in [2.05, 4.69) is 20.5 Å². The maximum absolute atomic E-state index is 12.3. The number of carbonyl (C=O) groups excluding carboxylic acids is 1. The van der Waals surface area contributed by atoms with E-state index in [-0.39, 0.29) is 24.5 Å². The van der Waals surface area contributed by atoms with Crippen LogP contribution >= 0.6 is 11.8 Å². The topological polar surface area (TPSA) is 89.1 Å². The van der Waals surface area contributed by atoms with Crippen molar-refractivity contribution in [1.82, 2.24) is 20.5 Å². The van der Waals surface area contributed by atoms with Gasteiger partial charge in [-0.2, -0.15) is 0 Å². The Hall–Kier alpha value is -3.00. The van der Waals surface area contributed by atoms with Crippen LogP contribution in [0.15, 0.2) is 53.7 Å². The molecular weight excluding hydrogens is 364 g/mol. The second-order valence-corrected chi connectivity index (χ2v) is 6.97. The Morgan fingerprint density at radius 1 is 1.22 bits per heavy atom. The SMILES string of the molecule is CC(NC(=O)CSc1n[nH]c(-c2ccccc2)n1)c1ccc2c(c1)OCO2. The zero-order valence-corrected chi connectivity index (χ0v) is 15.5. The number of ether oxygens (including phenoxy) is 2. The van der Waals surface area contributed by atoms with Gasteiger partial charge < -0.3 is 14.8 Å². The lowest BCUT2D eigenvalue weighted by atomic mass is 10.1. The van der Waals surface area contributed by atoms with E-state index in [0.29, 0.717) is 16.7 Å². The van der Waals surface area contributed by atoms with Crippen LogP contribution in [-0.2, 0) is 4.79 Å². The molecule has 0 fully saturated rings. The van der Waals surface area contributed by atoms with E-state index in [1.165, 1.54) is 11.8 Å². The molecule has 138 valence electrons. The zero-order valence-electron chi connectivity index (χ0n) is 14.6. The number of amides is 1. The third-order valence-corrected chi connectivity index (χ3v) is 4.97. The molecule has 3 aromatic rings. The second-order valence-electron chi connectivity index (χ2n) is 6.02. The van der Waals surface area contributed by atoms with E-state index < -0.39 is 0 Å². The quantitative estimate of drug-likeness (QED) is 0.637. The third-order valence-electron chi connectivity index (χ3n) is 4.12. The monoisotopic (exact) mass is 382 g/mol. The van der Waals surface area contributed by atoms with Crippen molar-refractivity contribution in [2.75, 3.05) is 12.5 Å². The van der Waals surface area contributed by atoms with Gasteiger partial charge in [-0.1, -0.05) is 48.2 Å². The lowest BCUT2D eigenvalue weighted by Crippen LogP contribution is -2.28. The first-order valence-electron chi connectivity index (χ1n) is 8.48. The van der Waals surface area contributed by atoms with E-state index in [0.717, 1.165) is 16.9 Å². The molecule has 7 nitrogen and oxygen atoms in total. The van der Waals surface area contributed by atoms with Crippen LogP contribution in [0.4, 0.5) is 0 Å². The maximum atomic E-state index is 12.3. The Morgan fingerprint density at radius 2 is 2.04 bits per heavy atom. The van der Waals surface area contributed by atoms with E-state index in [1.807, 2.05) is 55.5 Å². The molecule has 8 heteroatoms. The van der Waals surface area contributed by atoms with Crippen molar-refractivity contribution in [2.24, 2.45) is 0 Å². The Labute approximate surface area is 160 Å². The zero-order chi connectivity index (χ0) is 18.6. The molecule has 2 heterocycles. The van der Waals surface area contributed by atoms with Crippen LogP contribution in [0.3, 0.4) is 0 Å². The first-order chi connectivity index (χ1) is 13.2. The van der Waals surface area contributed by atoms with Crippen LogP contribution in [0.2, 0.25) is 0 Å². The molecule has 0 saturated carbocycles. The minimum atomic E-state index is -0.139. The fourth-order valence-electron chi connectivity index (χ4n) is 2.72. The minimum Gasteiger partial charge on any atom is -0.454 e. The molecule has 1 amide bonds. The van der Waals surface area contributed by atoms with E-state index in [1.54, 1.807) is 0 Å². The fraction of sp³-hybridized carbons (Fsp3) is 0.211. The van der Waals surface area contributed by atoms with Crippen LogP contribution in [0.25, 0.3) is 11.4 Å². The van der Waals surface area contributed by atoms with Crippen molar-refractivity contribution in [3.8, 4) is 22.9 Å². The average molecular weight is 382 g/mol. The van der Waals surface area contributed by atoms with Gasteiger partial charge in [-0.15, -0.1) is 5.10 Å². The van der Waals surface area contributed by atoms with Crippen molar-refractivity contribution < 1.29 is 14.3 Å². The highest BCUT2D eigenvalue weighted by atomic mass is 32.2. The molecule has 2 aromatic carbocycles. The Bertz CT molecular complexity index is 945. The van der Waals surface area contributed by atoms with Gasteiger partial charge in [0.25, 0.3) is 0 Å². The first kappa shape index (κ1) is 17.4. The summed E-state index contributed by atoms with van der Waals surface area (Å²) in [7, 11) is 0. The van der Waals surface area contributed by atoms with Crippen LogP contribution < -0.4 is 14.8 Å². The number of carbonyl (C=O) groups is 1. The Balaban J connectivity index is 1.31. The smallest absolute Gasteiger partial charge is 0.231 e. The summed E-state index contributed by atoms with van der Waals surface area (Å²) in [4.78, 5) is 16.7. The second kappa shape index (κ2) is 7.71. The molecule has 1 aromatic heterocycles. The summed E-state index contributed by atoms with van der Waals surface area (Å²) in [5.41, 5.74) is 1.92. The van der Waals surface area contributed by atoms with Crippen LogP contribution in [0.1, 0.15) is 18.5 Å². The molecule has 0 radical (unpaired) electrons.